The van der Waals surface area contributed by atoms with E-state index in [0.29, 0.717) is 12.0 Å². The lowest BCUT2D eigenvalue weighted by molar-refractivity contribution is 0.217. The van der Waals surface area contributed by atoms with Crippen LogP contribution in [0.15, 0.2) is 30.5 Å². The van der Waals surface area contributed by atoms with Gasteiger partial charge in [-0.1, -0.05) is 25.1 Å². The molecule has 1 rings (SSSR count). The first-order valence-corrected chi connectivity index (χ1v) is 5.76. The first kappa shape index (κ1) is 14.2. The summed E-state index contributed by atoms with van der Waals surface area (Å²) in [5.74, 6) is -0.349. The number of halogens is 1. The standard InChI is InChI=1S/C13H17FN2O2/c1-2-11(9-17)16-13(18)15-8-7-10-5-3-4-6-12(10)14/h3-8,11,17H,2,9H2,1H3,(H2,15,16,18)/b8-7+. The average molecular weight is 252 g/mol. The van der Waals surface area contributed by atoms with E-state index in [4.69, 9.17) is 5.11 Å². The van der Waals surface area contributed by atoms with Crippen LogP contribution in [0.2, 0.25) is 0 Å². The molecule has 4 nitrogen and oxygen atoms in total. The maximum Gasteiger partial charge on any atom is 0.319 e. The number of rotatable bonds is 5. The van der Waals surface area contributed by atoms with Gasteiger partial charge in [0, 0.05) is 11.8 Å². The van der Waals surface area contributed by atoms with Crippen LogP contribution >= 0.6 is 0 Å². The van der Waals surface area contributed by atoms with Gasteiger partial charge in [0.1, 0.15) is 5.82 Å². The minimum atomic E-state index is -0.427. The summed E-state index contributed by atoms with van der Waals surface area (Å²) >= 11 is 0. The minimum absolute atomic E-state index is 0.110. The highest BCUT2D eigenvalue weighted by molar-refractivity contribution is 5.76. The molecule has 0 aromatic heterocycles. The summed E-state index contributed by atoms with van der Waals surface area (Å²) in [7, 11) is 0. The lowest BCUT2D eigenvalue weighted by Gasteiger charge is -2.13. The van der Waals surface area contributed by atoms with Crippen molar-refractivity contribution in [3.05, 3.63) is 41.8 Å². The Morgan fingerprint density at radius 2 is 2.22 bits per heavy atom. The van der Waals surface area contributed by atoms with Crippen LogP contribution in [0.4, 0.5) is 9.18 Å². The quantitative estimate of drug-likeness (QED) is 0.749. The Morgan fingerprint density at radius 3 is 2.83 bits per heavy atom. The topological polar surface area (TPSA) is 61.4 Å². The fourth-order valence-corrected chi connectivity index (χ4v) is 1.32. The van der Waals surface area contributed by atoms with Gasteiger partial charge in [0.15, 0.2) is 0 Å². The van der Waals surface area contributed by atoms with Crippen LogP contribution in [-0.2, 0) is 0 Å². The lowest BCUT2D eigenvalue weighted by Crippen LogP contribution is -2.41. The molecule has 0 heterocycles. The summed E-state index contributed by atoms with van der Waals surface area (Å²) in [5.41, 5.74) is 0.395. The molecule has 1 unspecified atom stereocenters. The summed E-state index contributed by atoms with van der Waals surface area (Å²) < 4.78 is 13.2. The maximum absolute atomic E-state index is 13.2. The molecule has 0 aliphatic carbocycles. The number of carbonyl (C=O) groups excluding carboxylic acids is 1. The molecule has 0 spiro atoms. The Labute approximate surface area is 106 Å². The van der Waals surface area contributed by atoms with Crippen LogP contribution in [0.5, 0.6) is 0 Å². The fraction of sp³-hybridized carbons (Fsp3) is 0.308. The van der Waals surface area contributed by atoms with E-state index in [-0.39, 0.29) is 18.5 Å². The molecular weight excluding hydrogens is 235 g/mol. The van der Waals surface area contributed by atoms with E-state index in [1.807, 2.05) is 6.92 Å². The summed E-state index contributed by atoms with van der Waals surface area (Å²) in [6.45, 7) is 1.75. The molecule has 0 bridgehead atoms. The van der Waals surface area contributed by atoms with Crippen LogP contribution in [-0.4, -0.2) is 23.8 Å². The van der Waals surface area contributed by atoms with Gasteiger partial charge in [-0.3, -0.25) is 0 Å². The van der Waals surface area contributed by atoms with Gasteiger partial charge in [0.05, 0.1) is 12.6 Å². The number of benzene rings is 1. The van der Waals surface area contributed by atoms with Crippen LogP contribution < -0.4 is 10.6 Å². The first-order valence-electron chi connectivity index (χ1n) is 5.76. The maximum atomic E-state index is 13.2. The SMILES string of the molecule is CCC(CO)NC(=O)N/C=C/c1ccccc1F. The zero-order valence-electron chi connectivity index (χ0n) is 10.2. The van der Waals surface area contributed by atoms with Gasteiger partial charge in [0.25, 0.3) is 0 Å². The molecule has 1 aromatic carbocycles. The second kappa shape index (κ2) is 7.45. The predicted molar refractivity (Wildman–Crippen MR) is 68.3 cm³/mol. The van der Waals surface area contributed by atoms with E-state index in [1.54, 1.807) is 18.2 Å². The Morgan fingerprint density at radius 1 is 1.50 bits per heavy atom. The van der Waals surface area contributed by atoms with Crippen LogP contribution in [0.3, 0.4) is 0 Å². The van der Waals surface area contributed by atoms with Crippen molar-refractivity contribution in [3.63, 3.8) is 0 Å². The van der Waals surface area contributed by atoms with E-state index in [0.717, 1.165) is 0 Å². The van der Waals surface area contributed by atoms with E-state index < -0.39 is 6.03 Å². The Kier molecular flexibility index (Phi) is 5.87. The van der Waals surface area contributed by atoms with Gasteiger partial charge < -0.3 is 15.7 Å². The highest BCUT2D eigenvalue weighted by Crippen LogP contribution is 2.07. The zero-order valence-corrected chi connectivity index (χ0v) is 10.2. The van der Waals surface area contributed by atoms with E-state index in [9.17, 15) is 9.18 Å². The highest BCUT2D eigenvalue weighted by atomic mass is 19.1. The van der Waals surface area contributed by atoms with Crippen LogP contribution in [0.25, 0.3) is 6.08 Å². The predicted octanol–water partition coefficient (Wildman–Crippen LogP) is 1.87. The minimum Gasteiger partial charge on any atom is -0.394 e. The number of urea groups is 1. The highest BCUT2D eigenvalue weighted by Gasteiger charge is 2.06. The number of amides is 2. The van der Waals surface area contributed by atoms with E-state index in [2.05, 4.69) is 10.6 Å². The molecular formula is C13H17FN2O2. The number of hydrogen-bond acceptors (Lipinski definition) is 2. The number of hydrogen-bond donors (Lipinski definition) is 3. The van der Waals surface area contributed by atoms with E-state index >= 15 is 0 Å². The molecule has 18 heavy (non-hydrogen) atoms. The molecule has 98 valence electrons. The van der Waals surface area contributed by atoms with Gasteiger partial charge in [-0.15, -0.1) is 0 Å². The molecule has 0 saturated carbocycles. The third-order valence-corrected chi connectivity index (χ3v) is 2.43. The first-order chi connectivity index (χ1) is 8.67. The molecule has 0 radical (unpaired) electrons. The Hall–Kier alpha value is -1.88. The van der Waals surface area contributed by atoms with Gasteiger partial charge in [-0.25, -0.2) is 9.18 Å². The smallest absolute Gasteiger partial charge is 0.319 e. The van der Waals surface area contributed by atoms with Crippen molar-refractivity contribution in [2.45, 2.75) is 19.4 Å². The number of aliphatic hydroxyl groups excluding tert-OH is 1. The summed E-state index contributed by atoms with van der Waals surface area (Å²) in [6.07, 6.45) is 3.47. The Bertz CT molecular complexity index is 417. The Balaban J connectivity index is 2.45. The molecule has 3 N–H and O–H groups in total. The van der Waals surface area contributed by atoms with Gasteiger partial charge in [-0.05, 0) is 18.6 Å². The second-order valence-corrected chi connectivity index (χ2v) is 3.76. The molecule has 2 amide bonds. The lowest BCUT2D eigenvalue weighted by atomic mass is 10.2. The van der Waals surface area contributed by atoms with E-state index in [1.165, 1.54) is 18.3 Å². The number of nitrogens with one attached hydrogen (secondary N) is 2. The molecule has 0 aliphatic rings. The molecule has 1 atom stereocenters. The van der Waals surface area contributed by atoms with Crippen LogP contribution in [0.1, 0.15) is 18.9 Å². The molecule has 5 heteroatoms. The molecule has 0 fully saturated rings. The van der Waals surface area contributed by atoms with Crippen molar-refractivity contribution >= 4 is 12.1 Å². The van der Waals surface area contributed by atoms with Gasteiger partial charge in [-0.2, -0.15) is 0 Å². The van der Waals surface area contributed by atoms with Crippen molar-refractivity contribution in [2.24, 2.45) is 0 Å². The van der Waals surface area contributed by atoms with Crippen molar-refractivity contribution in [2.75, 3.05) is 6.61 Å². The van der Waals surface area contributed by atoms with Crippen molar-refractivity contribution in [1.82, 2.24) is 10.6 Å². The van der Waals surface area contributed by atoms with Crippen molar-refractivity contribution in [3.8, 4) is 0 Å². The van der Waals surface area contributed by atoms with Gasteiger partial charge >= 0.3 is 6.03 Å². The fourth-order valence-electron chi connectivity index (χ4n) is 1.32. The molecule has 1 aromatic rings. The van der Waals surface area contributed by atoms with Crippen molar-refractivity contribution in [1.29, 1.82) is 0 Å². The summed E-state index contributed by atoms with van der Waals surface area (Å²) in [6, 6.07) is 5.56. The summed E-state index contributed by atoms with van der Waals surface area (Å²) in [4.78, 5) is 11.4. The number of carbonyl (C=O) groups is 1. The van der Waals surface area contributed by atoms with Crippen LogP contribution in [0, 0.1) is 5.82 Å². The zero-order chi connectivity index (χ0) is 13.4. The normalized spacial score (nSPS) is 12.4. The summed E-state index contributed by atoms with van der Waals surface area (Å²) in [5, 5.41) is 13.9. The monoisotopic (exact) mass is 252 g/mol. The largest absolute Gasteiger partial charge is 0.394 e. The second-order valence-electron chi connectivity index (χ2n) is 3.76. The van der Waals surface area contributed by atoms with Crippen molar-refractivity contribution < 1.29 is 14.3 Å². The van der Waals surface area contributed by atoms with Gasteiger partial charge in [0.2, 0.25) is 0 Å². The third kappa shape index (κ3) is 4.55. The molecule has 0 aliphatic heterocycles. The number of aliphatic hydroxyl groups is 1. The molecule has 0 saturated heterocycles. The average Bonchev–Trinajstić information content (AvgIpc) is 2.38. The third-order valence-electron chi connectivity index (χ3n) is 2.43.